The van der Waals surface area contributed by atoms with Gasteiger partial charge in [0, 0.05) is 29.7 Å². The van der Waals surface area contributed by atoms with E-state index in [0.717, 1.165) is 11.8 Å². The summed E-state index contributed by atoms with van der Waals surface area (Å²) in [6, 6.07) is 8.21. The van der Waals surface area contributed by atoms with Gasteiger partial charge in [-0.05, 0) is 92.3 Å². The van der Waals surface area contributed by atoms with Gasteiger partial charge in [0.15, 0.2) is 5.67 Å². The lowest BCUT2D eigenvalue weighted by Crippen LogP contribution is -2.68. The molecule has 6 heteroatoms. The van der Waals surface area contributed by atoms with Crippen molar-refractivity contribution >= 4 is 16.3 Å². The third kappa shape index (κ3) is 2.66. The number of benzene rings is 1. The van der Waals surface area contributed by atoms with Crippen LogP contribution in [-0.4, -0.2) is 69.3 Å². The van der Waals surface area contributed by atoms with Crippen molar-refractivity contribution in [2.75, 3.05) is 14.1 Å². The van der Waals surface area contributed by atoms with Gasteiger partial charge in [-0.2, -0.15) is 0 Å². The third-order valence-corrected chi connectivity index (χ3v) is 10.6. The molecular formula is C30H35FN2O3. The summed E-state index contributed by atoms with van der Waals surface area (Å²) in [5.41, 5.74) is -0.416. The highest BCUT2D eigenvalue weighted by Crippen LogP contribution is 2.71. The molecular weight excluding hydrogens is 455 g/mol. The van der Waals surface area contributed by atoms with Gasteiger partial charge < -0.3 is 19.8 Å². The number of aliphatic hydroxyl groups excluding tert-OH is 2. The van der Waals surface area contributed by atoms with Crippen LogP contribution in [0, 0.1) is 11.3 Å². The number of rotatable bonds is 2. The average Bonchev–Trinajstić information content (AvgIpc) is 3.39. The van der Waals surface area contributed by atoms with Crippen LogP contribution in [0.4, 0.5) is 4.39 Å². The third-order valence-electron chi connectivity index (χ3n) is 10.6. The summed E-state index contributed by atoms with van der Waals surface area (Å²) in [6.07, 6.45) is 9.44. The van der Waals surface area contributed by atoms with Crippen LogP contribution in [0.25, 0.3) is 16.3 Å². The second-order valence-corrected chi connectivity index (χ2v) is 12.3. The van der Waals surface area contributed by atoms with Crippen molar-refractivity contribution in [2.45, 2.75) is 80.6 Å². The molecule has 2 N–H and O–H groups in total. The lowest BCUT2D eigenvalue weighted by Gasteiger charge is -2.60. The van der Waals surface area contributed by atoms with Crippen molar-refractivity contribution in [3.05, 3.63) is 59.9 Å². The second-order valence-electron chi connectivity index (χ2n) is 12.3. The van der Waals surface area contributed by atoms with E-state index in [-0.39, 0.29) is 17.4 Å². The van der Waals surface area contributed by atoms with E-state index in [9.17, 15) is 10.2 Å². The fourth-order valence-electron chi connectivity index (χ4n) is 8.76. The molecule has 5 aliphatic rings. The predicted octanol–water partition coefficient (Wildman–Crippen LogP) is 4.43. The van der Waals surface area contributed by atoms with Crippen LogP contribution in [0.15, 0.2) is 54.4 Å². The van der Waals surface area contributed by atoms with Crippen LogP contribution in [0.5, 0.6) is 0 Å². The Morgan fingerprint density at radius 3 is 2.75 bits per heavy atom. The van der Waals surface area contributed by atoms with Crippen molar-refractivity contribution in [2.24, 2.45) is 11.3 Å². The molecule has 36 heavy (non-hydrogen) atoms. The monoisotopic (exact) mass is 490 g/mol. The highest BCUT2D eigenvalue weighted by molar-refractivity contribution is 5.95. The summed E-state index contributed by atoms with van der Waals surface area (Å²) >= 11 is 0. The van der Waals surface area contributed by atoms with Crippen molar-refractivity contribution in [3.8, 4) is 0 Å². The summed E-state index contributed by atoms with van der Waals surface area (Å²) < 4.78 is 24.2. The van der Waals surface area contributed by atoms with E-state index in [1.807, 2.05) is 31.4 Å². The van der Waals surface area contributed by atoms with E-state index in [2.05, 4.69) is 42.2 Å². The van der Waals surface area contributed by atoms with Crippen molar-refractivity contribution in [1.82, 2.24) is 9.88 Å². The Kier molecular flexibility index (Phi) is 4.64. The number of alkyl halides is 1. The van der Waals surface area contributed by atoms with E-state index in [1.165, 1.54) is 16.5 Å². The normalized spacial score (nSPS) is 45.2. The summed E-state index contributed by atoms with van der Waals surface area (Å²) in [7, 11) is 3.84. The first-order chi connectivity index (χ1) is 17.1. The number of pyridine rings is 1. The molecule has 1 aromatic carbocycles. The number of hydrogen-bond acceptors (Lipinski definition) is 5. The molecule has 8 atom stereocenters. The van der Waals surface area contributed by atoms with E-state index in [4.69, 9.17) is 4.74 Å². The quantitative estimate of drug-likeness (QED) is 0.610. The molecule has 5 nitrogen and oxygen atoms in total. The minimum Gasteiger partial charge on any atom is -0.388 e. The highest BCUT2D eigenvalue weighted by atomic mass is 19.1. The molecule has 3 aliphatic carbocycles. The summed E-state index contributed by atoms with van der Waals surface area (Å²) in [5.74, 6) is 0.00909. The van der Waals surface area contributed by atoms with Gasteiger partial charge in [0.2, 0.25) is 0 Å². The molecule has 3 heterocycles. The predicted molar refractivity (Wildman–Crippen MR) is 137 cm³/mol. The van der Waals surface area contributed by atoms with Crippen LogP contribution in [0.2, 0.25) is 0 Å². The standard InChI is InChI=1S/C30H35FN2O3/c1-27-10-12-29(31)15-22-25(34)26(35)23(33(2)3)16-28(22)11-13-30(29,36-28)24(27)8-7-21(27)20-6-4-5-18-17-32-14-9-19(18)20/h4-7,9,14-15,17,23-26,34-35H,8,10-13,16H2,1-3H3. The Morgan fingerprint density at radius 1 is 1.11 bits per heavy atom. The Hall–Kier alpha value is -2.12. The maximum atomic E-state index is 17.2. The van der Waals surface area contributed by atoms with Crippen LogP contribution in [0.1, 0.15) is 51.0 Å². The van der Waals surface area contributed by atoms with E-state index < -0.39 is 29.1 Å². The van der Waals surface area contributed by atoms with Gasteiger partial charge >= 0.3 is 0 Å². The lowest BCUT2D eigenvalue weighted by atomic mass is 9.53. The molecule has 1 aromatic heterocycles. The maximum Gasteiger partial charge on any atom is 0.158 e. The largest absolute Gasteiger partial charge is 0.388 e. The second kappa shape index (κ2) is 7.25. The van der Waals surface area contributed by atoms with Crippen LogP contribution < -0.4 is 0 Å². The lowest BCUT2D eigenvalue weighted by molar-refractivity contribution is -0.239. The zero-order valence-corrected chi connectivity index (χ0v) is 21.2. The van der Waals surface area contributed by atoms with Gasteiger partial charge in [0.1, 0.15) is 11.7 Å². The first-order valence-corrected chi connectivity index (χ1v) is 13.3. The minimum atomic E-state index is -1.65. The Balaban J connectivity index is 1.33. The molecule has 2 aliphatic heterocycles. The molecule has 7 rings (SSSR count). The number of nitrogens with zero attached hydrogens (tertiary/aromatic N) is 2. The number of hydrogen-bond donors (Lipinski definition) is 2. The topological polar surface area (TPSA) is 65.8 Å². The number of ether oxygens (including phenoxy) is 1. The Labute approximate surface area is 211 Å². The molecule has 0 radical (unpaired) electrons. The van der Waals surface area contributed by atoms with Crippen molar-refractivity contribution < 1.29 is 19.3 Å². The molecule has 190 valence electrons. The van der Waals surface area contributed by atoms with E-state index in [1.54, 1.807) is 6.08 Å². The number of allylic oxidation sites excluding steroid dienone is 2. The molecule has 2 spiro atoms. The summed E-state index contributed by atoms with van der Waals surface area (Å²) in [4.78, 5) is 6.26. The van der Waals surface area contributed by atoms with Gasteiger partial charge in [-0.1, -0.05) is 31.2 Å². The number of fused-ring (bicyclic) bond motifs is 2. The molecule has 0 amide bonds. The van der Waals surface area contributed by atoms with Crippen LogP contribution in [0.3, 0.4) is 0 Å². The zero-order chi connectivity index (χ0) is 25.1. The maximum absolute atomic E-state index is 17.2. The number of halogens is 1. The van der Waals surface area contributed by atoms with Gasteiger partial charge in [-0.15, -0.1) is 0 Å². The molecule has 8 unspecified atom stereocenters. The van der Waals surface area contributed by atoms with Crippen LogP contribution >= 0.6 is 0 Å². The van der Waals surface area contributed by atoms with Crippen molar-refractivity contribution in [1.29, 1.82) is 0 Å². The first kappa shape index (κ1) is 23.0. The molecule has 2 aromatic rings. The highest BCUT2D eigenvalue weighted by Gasteiger charge is 2.74. The summed E-state index contributed by atoms with van der Waals surface area (Å²) in [6.45, 7) is 2.31. The van der Waals surface area contributed by atoms with Gasteiger partial charge in [0.05, 0.1) is 11.7 Å². The number of likely N-dealkylation sites (N-methyl/N-ethyl adjacent to an activating group) is 1. The Bertz CT molecular complexity index is 1320. The van der Waals surface area contributed by atoms with E-state index >= 15 is 4.39 Å². The van der Waals surface area contributed by atoms with Gasteiger partial charge in [0.25, 0.3) is 0 Å². The zero-order valence-electron chi connectivity index (χ0n) is 21.2. The first-order valence-electron chi connectivity index (χ1n) is 13.3. The summed E-state index contributed by atoms with van der Waals surface area (Å²) in [5, 5.41) is 24.3. The smallest absolute Gasteiger partial charge is 0.158 e. The van der Waals surface area contributed by atoms with Gasteiger partial charge in [-0.25, -0.2) is 4.39 Å². The fraction of sp³-hybridized carbons (Fsp3) is 0.567. The molecule has 2 bridgehead atoms. The molecule has 2 saturated carbocycles. The number of aliphatic hydroxyl groups is 2. The van der Waals surface area contributed by atoms with Crippen LogP contribution in [-0.2, 0) is 4.74 Å². The molecule has 1 saturated heterocycles. The Morgan fingerprint density at radius 2 is 1.94 bits per heavy atom. The number of aromatic nitrogens is 1. The van der Waals surface area contributed by atoms with Gasteiger partial charge in [-0.3, -0.25) is 4.98 Å². The average molecular weight is 491 g/mol. The fourth-order valence-corrected chi connectivity index (χ4v) is 8.76. The SMILES string of the molecule is CN(C)C1CC23CCC4(O2)C2CC=C(c5cccc6cnccc56)C2(C)CCC4(F)C=C3C(O)C1O. The van der Waals surface area contributed by atoms with E-state index in [0.29, 0.717) is 37.7 Å². The van der Waals surface area contributed by atoms with Crippen molar-refractivity contribution in [3.63, 3.8) is 0 Å². The minimum absolute atomic E-state index is 0.00909. The molecule has 3 fully saturated rings.